The number of guanidine groups is 1. The van der Waals surface area contributed by atoms with E-state index in [0.29, 0.717) is 12.2 Å². The maximum absolute atomic E-state index is 13.3. The first kappa shape index (κ1) is 36.8. The molecule has 4 aliphatic rings. The second-order valence-electron chi connectivity index (χ2n) is 13.0. The van der Waals surface area contributed by atoms with Gasteiger partial charge >= 0.3 is 0 Å². The van der Waals surface area contributed by atoms with Gasteiger partial charge in [-0.25, -0.2) is 4.99 Å². The lowest BCUT2D eigenvalue weighted by Crippen LogP contribution is -2.67. The van der Waals surface area contributed by atoms with Gasteiger partial charge in [-0.3, -0.25) is 4.79 Å². The summed E-state index contributed by atoms with van der Waals surface area (Å²) < 4.78 is 23.9. The van der Waals surface area contributed by atoms with Crippen LogP contribution in [0.5, 0.6) is 0 Å². The Morgan fingerprint density at radius 2 is 1.85 bits per heavy atom. The lowest BCUT2D eigenvalue weighted by atomic mass is 9.76. The monoisotopic (exact) mass is 661 g/mol. The van der Waals surface area contributed by atoms with E-state index in [1.807, 2.05) is 0 Å². The van der Waals surface area contributed by atoms with Gasteiger partial charge < -0.3 is 83.2 Å². The predicted octanol–water partition coefficient (Wildman–Crippen LogP) is -5.84. The van der Waals surface area contributed by atoms with Crippen LogP contribution in [-0.4, -0.2) is 154 Å². The van der Waals surface area contributed by atoms with Gasteiger partial charge in [0.05, 0.1) is 50.1 Å². The molecule has 2 aliphatic heterocycles. The fourth-order valence-electron chi connectivity index (χ4n) is 6.40. The highest BCUT2D eigenvalue weighted by Crippen LogP contribution is 2.43. The Morgan fingerprint density at radius 3 is 2.50 bits per heavy atom. The summed E-state index contributed by atoms with van der Waals surface area (Å²) in [6, 6.07) is -3.09. The third-order valence-electron chi connectivity index (χ3n) is 9.11. The second-order valence-corrected chi connectivity index (χ2v) is 13.0. The second kappa shape index (κ2) is 15.0. The average molecular weight is 662 g/mol. The fourth-order valence-corrected chi connectivity index (χ4v) is 6.40. The third kappa shape index (κ3) is 8.32. The van der Waals surface area contributed by atoms with Crippen LogP contribution in [0, 0.1) is 5.92 Å². The van der Waals surface area contributed by atoms with E-state index in [9.17, 15) is 30.3 Å². The highest BCUT2D eigenvalue weighted by atomic mass is 16.7. The van der Waals surface area contributed by atoms with Crippen LogP contribution >= 0.6 is 0 Å². The maximum atomic E-state index is 13.3. The van der Waals surface area contributed by atoms with Gasteiger partial charge in [-0.05, 0) is 38.8 Å². The number of aliphatic hydroxyl groups excluding tert-OH is 4. The van der Waals surface area contributed by atoms with Crippen LogP contribution in [0.25, 0.3) is 0 Å². The van der Waals surface area contributed by atoms with E-state index in [-0.39, 0.29) is 44.9 Å². The number of aliphatic hydroxyl groups is 6. The van der Waals surface area contributed by atoms with Crippen LogP contribution in [0.4, 0.5) is 0 Å². The minimum atomic E-state index is -1.78. The number of ether oxygens (including phenoxy) is 4. The first-order valence-corrected chi connectivity index (χ1v) is 15.5. The van der Waals surface area contributed by atoms with Gasteiger partial charge in [0.25, 0.3) is 0 Å². The molecule has 2 saturated carbocycles. The summed E-state index contributed by atoms with van der Waals surface area (Å²) in [6.45, 7) is 1.24. The van der Waals surface area contributed by atoms with Crippen molar-refractivity contribution >= 4 is 11.7 Å². The lowest BCUT2D eigenvalue weighted by molar-refractivity contribution is -0.308. The molecule has 18 nitrogen and oxygen atoms in total. The minimum Gasteiger partial charge on any atom is -0.467 e. The molecule has 46 heavy (non-hydrogen) atoms. The number of likely N-dealkylation sites (N-methyl/N-ethyl adjacent to an activating group) is 1. The number of nitrogens with two attached hydrogens (primary N) is 4. The molecule has 3 fully saturated rings. The summed E-state index contributed by atoms with van der Waals surface area (Å²) in [5.74, 6) is -1.11. The molecule has 264 valence electrons. The molecule has 4 rings (SSSR count). The summed E-state index contributed by atoms with van der Waals surface area (Å²) in [4.78, 5) is 17.2. The molecule has 4 unspecified atom stereocenters. The molecule has 2 aliphatic carbocycles. The van der Waals surface area contributed by atoms with Gasteiger partial charge in [0.2, 0.25) is 6.29 Å². The number of Topliss-reactive ketones (excluding diaryl/α,β-unsaturated/α-hetero) is 1. The van der Waals surface area contributed by atoms with E-state index in [4.69, 9.17) is 47.0 Å². The quantitative estimate of drug-likeness (QED) is 0.0609. The van der Waals surface area contributed by atoms with Crippen LogP contribution < -0.4 is 33.6 Å². The third-order valence-corrected chi connectivity index (χ3v) is 9.11. The molecule has 0 aromatic carbocycles. The standard InChI is InChI=1S/C28H51N7O11/c1-27(41)11-43-25(20(40)23(27)33-2)45-21-12(6-18(38)28(42)7-17(28)35-26(31)32)5-16(30)22(19(21)39)46-24-15(29)4-3-14(44-24)9-34-8-13(37)10-36/h3,12-13,15-17,19-25,33-34,36-37,39-42H,4-11,29-30H2,1-2H3,(H4,31,32,35)/t12-,13?,15+,16-,17?,19+,20+,21-,22?,23+,24+,25+,27-,28?/m0/s1. The van der Waals surface area contributed by atoms with Crippen molar-refractivity contribution in [1.82, 2.24) is 10.6 Å². The SMILES string of the molecule is CN[C@@H]1[C@@H](O)[C@@H](O[C@H]2[C@H](CC(=O)C3(O)CC3N=C(N)N)C[C@H](N)C(O[C@H]3OC(CNCC(O)CO)=CC[C@H]3N)[C@@H]2O)OC[C@]1(C)O. The average Bonchev–Trinajstić information content (AvgIpc) is 3.64. The number of nitrogens with zero attached hydrogens (tertiary/aromatic N) is 1. The molecule has 0 spiro atoms. The number of hydrogen-bond donors (Lipinski definition) is 12. The van der Waals surface area contributed by atoms with Crippen LogP contribution in [-0.2, 0) is 23.7 Å². The molecule has 0 aromatic rings. The van der Waals surface area contributed by atoms with Crippen molar-refractivity contribution in [3.63, 3.8) is 0 Å². The smallest absolute Gasteiger partial charge is 0.215 e. The first-order chi connectivity index (χ1) is 21.6. The van der Waals surface area contributed by atoms with Crippen molar-refractivity contribution in [3.8, 4) is 0 Å². The van der Waals surface area contributed by atoms with Crippen molar-refractivity contribution in [1.29, 1.82) is 0 Å². The predicted molar refractivity (Wildman–Crippen MR) is 161 cm³/mol. The Labute approximate surface area is 267 Å². The van der Waals surface area contributed by atoms with Gasteiger partial charge in [0.1, 0.15) is 35.3 Å². The number of carbonyl (C=O) groups excluding carboxylic acids is 1. The van der Waals surface area contributed by atoms with Crippen LogP contribution in [0.3, 0.4) is 0 Å². The van der Waals surface area contributed by atoms with Crippen molar-refractivity contribution in [2.45, 2.75) is 111 Å². The maximum Gasteiger partial charge on any atom is 0.215 e. The highest BCUT2D eigenvalue weighted by Gasteiger charge is 2.60. The number of aliphatic imine (C=N–C) groups is 1. The number of rotatable bonds is 14. The first-order valence-electron chi connectivity index (χ1n) is 15.5. The molecule has 16 N–H and O–H groups in total. The van der Waals surface area contributed by atoms with E-state index >= 15 is 0 Å². The molecule has 0 bridgehead atoms. The summed E-state index contributed by atoms with van der Waals surface area (Å²) in [5, 5.41) is 68.7. The van der Waals surface area contributed by atoms with E-state index in [0.717, 1.165) is 0 Å². The van der Waals surface area contributed by atoms with Gasteiger partial charge in [0.15, 0.2) is 18.0 Å². The van der Waals surface area contributed by atoms with Gasteiger partial charge in [-0.1, -0.05) is 0 Å². The summed E-state index contributed by atoms with van der Waals surface area (Å²) >= 11 is 0. The Bertz CT molecular complexity index is 1110. The molecule has 1 saturated heterocycles. The van der Waals surface area contributed by atoms with Crippen LogP contribution in [0.1, 0.15) is 32.6 Å². The van der Waals surface area contributed by atoms with E-state index < -0.39 is 96.8 Å². The Kier molecular flexibility index (Phi) is 12.0. The molecule has 0 radical (unpaired) electrons. The molecule has 18 heteroatoms. The molecule has 0 amide bonds. The lowest BCUT2D eigenvalue weighted by Gasteiger charge is -2.48. The van der Waals surface area contributed by atoms with Crippen molar-refractivity contribution in [2.75, 3.05) is 33.4 Å². The van der Waals surface area contributed by atoms with Crippen LogP contribution in [0.15, 0.2) is 16.8 Å². The van der Waals surface area contributed by atoms with E-state index in [2.05, 4.69) is 15.6 Å². The van der Waals surface area contributed by atoms with Crippen molar-refractivity contribution < 1.29 is 54.4 Å². The Morgan fingerprint density at radius 1 is 1.15 bits per heavy atom. The Balaban J connectivity index is 1.50. The zero-order valence-corrected chi connectivity index (χ0v) is 26.1. The fraction of sp³-hybridized carbons (Fsp3) is 0.857. The number of hydrogen-bond acceptors (Lipinski definition) is 16. The zero-order chi connectivity index (χ0) is 34.0. The molecule has 0 aromatic heterocycles. The van der Waals surface area contributed by atoms with Gasteiger partial charge in [-0.2, -0.15) is 0 Å². The van der Waals surface area contributed by atoms with Gasteiger partial charge in [0, 0.05) is 25.4 Å². The zero-order valence-electron chi connectivity index (χ0n) is 26.1. The topological polar surface area (TPSA) is 316 Å². The number of ketones is 1. The summed E-state index contributed by atoms with van der Waals surface area (Å²) in [5.41, 5.74) is 20.4. The molecule has 2 heterocycles. The van der Waals surface area contributed by atoms with Crippen molar-refractivity contribution in [3.05, 3.63) is 11.8 Å². The number of nitrogens with one attached hydrogen (secondary N) is 2. The Hall–Kier alpha value is -2.04. The van der Waals surface area contributed by atoms with Crippen molar-refractivity contribution in [2.24, 2.45) is 33.8 Å². The van der Waals surface area contributed by atoms with E-state index in [1.165, 1.54) is 6.92 Å². The van der Waals surface area contributed by atoms with Gasteiger partial charge in [-0.15, -0.1) is 0 Å². The molecule has 14 atom stereocenters. The summed E-state index contributed by atoms with van der Waals surface area (Å²) in [6.07, 6.45) is -6.39. The highest BCUT2D eigenvalue weighted by molar-refractivity contribution is 5.92. The number of carbonyl (C=O) groups is 1. The van der Waals surface area contributed by atoms with E-state index in [1.54, 1.807) is 13.1 Å². The summed E-state index contributed by atoms with van der Waals surface area (Å²) in [7, 11) is 1.56. The molecular formula is C28H51N7O11. The molecular weight excluding hydrogens is 610 g/mol. The largest absolute Gasteiger partial charge is 0.467 e. The van der Waals surface area contributed by atoms with Crippen LogP contribution in [0.2, 0.25) is 0 Å². The minimum absolute atomic E-state index is 0.0340. The normalized spacial score (nSPS) is 43.3.